The maximum atomic E-state index is 5.44. The summed E-state index contributed by atoms with van der Waals surface area (Å²) < 4.78 is 5.44. The van der Waals surface area contributed by atoms with Gasteiger partial charge in [0.1, 0.15) is 5.75 Å². The van der Waals surface area contributed by atoms with Crippen molar-refractivity contribution in [2.24, 2.45) is 0 Å². The van der Waals surface area contributed by atoms with E-state index in [2.05, 4.69) is 40.2 Å². The molecule has 0 radical (unpaired) electrons. The van der Waals surface area contributed by atoms with Gasteiger partial charge in [-0.3, -0.25) is 4.90 Å². The standard InChI is InChI=1S/C18H29N3O/c1-15-13-21(11-8-19-15)18(14-20-9-3-4-10-20)16-6-5-7-17(12-16)22-2/h5-7,12,15,18-19H,3-4,8-11,13-14H2,1-2H3. The van der Waals surface area contributed by atoms with Gasteiger partial charge in [0.15, 0.2) is 0 Å². The molecule has 2 heterocycles. The normalized spacial score (nSPS) is 25.3. The van der Waals surface area contributed by atoms with Gasteiger partial charge in [0.05, 0.1) is 7.11 Å². The van der Waals surface area contributed by atoms with Gasteiger partial charge in [0.2, 0.25) is 0 Å². The van der Waals surface area contributed by atoms with Crippen LogP contribution < -0.4 is 10.1 Å². The van der Waals surface area contributed by atoms with Crippen LogP contribution in [0.25, 0.3) is 0 Å². The van der Waals surface area contributed by atoms with Gasteiger partial charge in [0.25, 0.3) is 0 Å². The molecule has 2 aliphatic heterocycles. The average molecular weight is 303 g/mol. The van der Waals surface area contributed by atoms with Gasteiger partial charge >= 0.3 is 0 Å². The molecule has 2 fully saturated rings. The number of rotatable bonds is 5. The molecule has 0 saturated carbocycles. The van der Waals surface area contributed by atoms with E-state index in [4.69, 9.17) is 4.74 Å². The summed E-state index contributed by atoms with van der Waals surface area (Å²) in [5.74, 6) is 0.965. The van der Waals surface area contributed by atoms with E-state index in [0.29, 0.717) is 12.1 Å². The zero-order valence-electron chi connectivity index (χ0n) is 13.9. The molecule has 3 rings (SSSR count). The first-order valence-corrected chi connectivity index (χ1v) is 8.60. The van der Waals surface area contributed by atoms with E-state index in [1.54, 1.807) is 7.11 Å². The van der Waals surface area contributed by atoms with Gasteiger partial charge < -0.3 is 15.0 Å². The van der Waals surface area contributed by atoms with E-state index in [-0.39, 0.29) is 0 Å². The summed E-state index contributed by atoms with van der Waals surface area (Å²) in [6.07, 6.45) is 2.70. The Morgan fingerprint density at radius 1 is 1.27 bits per heavy atom. The molecule has 0 spiro atoms. The van der Waals surface area contributed by atoms with Gasteiger partial charge in [-0.15, -0.1) is 0 Å². The number of hydrogen-bond donors (Lipinski definition) is 1. The summed E-state index contributed by atoms with van der Waals surface area (Å²) in [7, 11) is 1.75. The Morgan fingerprint density at radius 2 is 2.09 bits per heavy atom. The summed E-state index contributed by atoms with van der Waals surface area (Å²) in [6.45, 7) is 9.26. The average Bonchev–Trinajstić information content (AvgIpc) is 3.06. The zero-order valence-corrected chi connectivity index (χ0v) is 13.9. The highest BCUT2D eigenvalue weighted by Gasteiger charge is 2.27. The van der Waals surface area contributed by atoms with Crippen LogP contribution in [-0.2, 0) is 0 Å². The molecule has 0 aromatic heterocycles. The van der Waals surface area contributed by atoms with Crippen molar-refractivity contribution < 1.29 is 4.74 Å². The number of hydrogen-bond acceptors (Lipinski definition) is 4. The van der Waals surface area contributed by atoms with Crippen molar-refractivity contribution in [1.82, 2.24) is 15.1 Å². The number of ether oxygens (including phenoxy) is 1. The molecule has 22 heavy (non-hydrogen) atoms. The highest BCUT2D eigenvalue weighted by molar-refractivity contribution is 5.31. The molecular formula is C18H29N3O. The summed E-state index contributed by atoms with van der Waals surface area (Å²) in [5.41, 5.74) is 1.39. The molecule has 122 valence electrons. The summed E-state index contributed by atoms with van der Waals surface area (Å²) in [5, 5.41) is 3.55. The monoisotopic (exact) mass is 303 g/mol. The van der Waals surface area contributed by atoms with E-state index < -0.39 is 0 Å². The maximum Gasteiger partial charge on any atom is 0.119 e. The lowest BCUT2D eigenvalue weighted by Gasteiger charge is -2.39. The van der Waals surface area contributed by atoms with E-state index in [1.165, 1.54) is 31.5 Å². The van der Waals surface area contributed by atoms with Crippen molar-refractivity contribution in [3.05, 3.63) is 29.8 Å². The molecule has 0 amide bonds. The Labute approximate surface area is 134 Å². The van der Waals surface area contributed by atoms with Crippen molar-refractivity contribution in [2.75, 3.05) is 46.4 Å². The number of nitrogens with zero attached hydrogens (tertiary/aromatic N) is 2. The predicted octanol–water partition coefficient (Wildman–Crippen LogP) is 2.13. The SMILES string of the molecule is COc1cccc(C(CN2CCCC2)N2CCNC(C)C2)c1. The molecule has 2 atom stereocenters. The van der Waals surface area contributed by atoms with Gasteiger partial charge in [-0.1, -0.05) is 12.1 Å². The lowest BCUT2D eigenvalue weighted by atomic mass is 10.0. The van der Waals surface area contributed by atoms with Crippen LogP contribution in [0.15, 0.2) is 24.3 Å². The third-order valence-electron chi connectivity index (χ3n) is 4.95. The highest BCUT2D eigenvalue weighted by Crippen LogP contribution is 2.27. The van der Waals surface area contributed by atoms with Crippen LogP contribution in [-0.4, -0.2) is 62.2 Å². The maximum absolute atomic E-state index is 5.44. The molecular weight excluding hydrogens is 274 g/mol. The molecule has 1 aromatic carbocycles. The summed E-state index contributed by atoms with van der Waals surface area (Å²) in [6, 6.07) is 9.68. The number of methoxy groups -OCH3 is 1. The first kappa shape index (κ1) is 15.8. The third kappa shape index (κ3) is 3.80. The second-order valence-electron chi connectivity index (χ2n) is 6.65. The summed E-state index contributed by atoms with van der Waals surface area (Å²) >= 11 is 0. The van der Waals surface area contributed by atoms with Gasteiger partial charge in [-0.25, -0.2) is 0 Å². The van der Waals surface area contributed by atoms with Crippen molar-refractivity contribution in [3.8, 4) is 5.75 Å². The van der Waals surface area contributed by atoms with Crippen LogP contribution in [0.3, 0.4) is 0 Å². The van der Waals surface area contributed by atoms with Gasteiger partial charge in [-0.05, 0) is 50.6 Å². The Bertz CT molecular complexity index is 473. The minimum Gasteiger partial charge on any atom is -0.497 e. The van der Waals surface area contributed by atoms with Crippen LogP contribution in [0.5, 0.6) is 5.75 Å². The van der Waals surface area contributed by atoms with E-state index in [9.17, 15) is 0 Å². The smallest absolute Gasteiger partial charge is 0.119 e. The van der Waals surface area contributed by atoms with Crippen molar-refractivity contribution >= 4 is 0 Å². The molecule has 4 nitrogen and oxygen atoms in total. The van der Waals surface area contributed by atoms with E-state index >= 15 is 0 Å². The van der Waals surface area contributed by atoms with Crippen LogP contribution in [0.4, 0.5) is 0 Å². The van der Waals surface area contributed by atoms with Gasteiger partial charge in [-0.2, -0.15) is 0 Å². The second-order valence-corrected chi connectivity index (χ2v) is 6.65. The van der Waals surface area contributed by atoms with Crippen LogP contribution in [0.2, 0.25) is 0 Å². The molecule has 4 heteroatoms. The third-order valence-corrected chi connectivity index (χ3v) is 4.95. The largest absolute Gasteiger partial charge is 0.497 e. The van der Waals surface area contributed by atoms with E-state index in [1.807, 2.05) is 6.07 Å². The molecule has 0 bridgehead atoms. The quantitative estimate of drug-likeness (QED) is 0.902. The molecule has 1 N–H and O–H groups in total. The number of benzene rings is 1. The topological polar surface area (TPSA) is 27.7 Å². The number of piperazine rings is 1. The zero-order chi connectivity index (χ0) is 15.4. The predicted molar refractivity (Wildman–Crippen MR) is 90.4 cm³/mol. The fraction of sp³-hybridized carbons (Fsp3) is 0.667. The Kier molecular flexibility index (Phi) is 5.34. The molecule has 2 aliphatic rings. The van der Waals surface area contributed by atoms with Crippen molar-refractivity contribution in [1.29, 1.82) is 0 Å². The molecule has 1 aromatic rings. The Balaban J connectivity index is 1.80. The first-order chi connectivity index (χ1) is 10.8. The lowest BCUT2D eigenvalue weighted by molar-refractivity contribution is 0.117. The molecule has 2 saturated heterocycles. The lowest BCUT2D eigenvalue weighted by Crippen LogP contribution is -2.52. The fourth-order valence-electron chi connectivity index (χ4n) is 3.74. The number of nitrogens with one attached hydrogen (secondary N) is 1. The van der Waals surface area contributed by atoms with E-state index in [0.717, 1.165) is 31.9 Å². The van der Waals surface area contributed by atoms with Crippen molar-refractivity contribution in [3.63, 3.8) is 0 Å². The fourth-order valence-corrected chi connectivity index (χ4v) is 3.74. The first-order valence-electron chi connectivity index (χ1n) is 8.60. The Hall–Kier alpha value is -1.10. The molecule has 0 aliphatic carbocycles. The minimum absolute atomic E-state index is 0.470. The second kappa shape index (κ2) is 7.44. The molecule has 2 unspecified atom stereocenters. The van der Waals surface area contributed by atoms with Crippen molar-refractivity contribution in [2.45, 2.75) is 31.8 Å². The Morgan fingerprint density at radius 3 is 2.82 bits per heavy atom. The van der Waals surface area contributed by atoms with Crippen LogP contribution in [0, 0.1) is 0 Å². The minimum atomic E-state index is 0.470. The highest BCUT2D eigenvalue weighted by atomic mass is 16.5. The van der Waals surface area contributed by atoms with Crippen LogP contribution >= 0.6 is 0 Å². The summed E-state index contributed by atoms with van der Waals surface area (Å²) in [4.78, 5) is 5.27. The van der Waals surface area contributed by atoms with Crippen LogP contribution in [0.1, 0.15) is 31.4 Å². The van der Waals surface area contributed by atoms with Gasteiger partial charge in [0, 0.05) is 38.3 Å². The number of likely N-dealkylation sites (tertiary alicyclic amines) is 1.